The lowest BCUT2D eigenvalue weighted by atomic mass is 9.86. The SMILES string of the molecule is CCCN(CC(N)=NO)C(=O)CCC1CCCCC1. The Morgan fingerprint density at radius 2 is 2.05 bits per heavy atom. The molecule has 110 valence electrons. The molecule has 0 radical (unpaired) electrons. The molecule has 0 aromatic carbocycles. The Hall–Kier alpha value is -1.26. The molecule has 0 aliphatic heterocycles. The molecule has 5 heteroatoms. The molecule has 0 unspecified atom stereocenters. The van der Waals surface area contributed by atoms with Crippen LogP contribution in [0.1, 0.15) is 58.3 Å². The number of nitrogens with two attached hydrogens (primary N) is 1. The molecule has 1 rings (SSSR count). The molecule has 5 nitrogen and oxygen atoms in total. The monoisotopic (exact) mass is 269 g/mol. The van der Waals surface area contributed by atoms with Crippen LogP contribution >= 0.6 is 0 Å². The molecule has 1 saturated carbocycles. The van der Waals surface area contributed by atoms with Gasteiger partial charge in [0, 0.05) is 13.0 Å². The summed E-state index contributed by atoms with van der Waals surface area (Å²) in [5, 5.41) is 11.5. The molecule has 3 N–H and O–H groups in total. The third-order valence-corrected chi connectivity index (χ3v) is 3.82. The van der Waals surface area contributed by atoms with Crippen LogP contribution in [0.2, 0.25) is 0 Å². The molecular formula is C14H27N3O2. The van der Waals surface area contributed by atoms with E-state index in [4.69, 9.17) is 10.9 Å². The second-order valence-corrected chi connectivity index (χ2v) is 5.45. The predicted molar refractivity (Wildman–Crippen MR) is 76.1 cm³/mol. The summed E-state index contributed by atoms with van der Waals surface area (Å²) in [5.41, 5.74) is 5.49. The van der Waals surface area contributed by atoms with Crippen molar-refractivity contribution in [2.45, 2.75) is 58.3 Å². The molecule has 0 atom stereocenters. The first-order chi connectivity index (χ1) is 9.17. The number of hydrogen-bond donors (Lipinski definition) is 2. The Labute approximate surface area is 115 Å². The molecule has 0 heterocycles. The van der Waals surface area contributed by atoms with Gasteiger partial charge in [-0.3, -0.25) is 4.79 Å². The predicted octanol–water partition coefficient (Wildman–Crippen LogP) is 2.33. The lowest BCUT2D eigenvalue weighted by molar-refractivity contribution is -0.130. The molecule has 19 heavy (non-hydrogen) atoms. The fourth-order valence-electron chi connectivity index (χ4n) is 2.75. The van der Waals surface area contributed by atoms with Gasteiger partial charge in [-0.25, -0.2) is 0 Å². The highest BCUT2D eigenvalue weighted by Gasteiger charge is 2.18. The summed E-state index contributed by atoms with van der Waals surface area (Å²) in [6, 6.07) is 0. The van der Waals surface area contributed by atoms with Gasteiger partial charge in [-0.2, -0.15) is 0 Å². The molecule has 0 saturated heterocycles. The van der Waals surface area contributed by atoms with E-state index < -0.39 is 0 Å². The lowest BCUT2D eigenvalue weighted by Crippen LogP contribution is -2.39. The van der Waals surface area contributed by atoms with Crippen molar-refractivity contribution in [1.82, 2.24) is 4.90 Å². The topological polar surface area (TPSA) is 78.9 Å². The Bertz CT molecular complexity index is 299. The largest absolute Gasteiger partial charge is 0.409 e. The van der Waals surface area contributed by atoms with Crippen molar-refractivity contribution >= 4 is 11.7 Å². The maximum Gasteiger partial charge on any atom is 0.222 e. The van der Waals surface area contributed by atoms with Crippen LogP contribution in [0.5, 0.6) is 0 Å². The first kappa shape index (κ1) is 15.8. The normalized spacial score (nSPS) is 17.4. The second-order valence-electron chi connectivity index (χ2n) is 5.45. The number of amidine groups is 1. The molecule has 1 aliphatic rings. The van der Waals surface area contributed by atoms with Crippen molar-refractivity contribution in [2.24, 2.45) is 16.8 Å². The number of hydrogen-bond acceptors (Lipinski definition) is 3. The quantitative estimate of drug-likeness (QED) is 0.322. The third-order valence-electron chi connectivity index (χ3n) is 3.82. The van der Waals surface area contributed by atoms with E-state index in [-0.39, 0.29) is 18.3 Å². The molecular weight excluding hydrogens is 242 g/mol. The van der Waals surface area contributed by atoms with Gasteiger partial charge in [-0.05, 0) is 18.8 Å². The molecule has 0 spiro atoms. The third kappa shape index (κ3) is 5.94. The van der Waals surface area contributed by atoms with Gasteiger partial charge in [0.2, 0.25) is 5.91 Å². The van der Waals surface area contributed by atoms with Gasteiger partial charge in [0.25, 0.3) is 0 Å². The number of oxime groups is 1. The first-order valence-electron chi connectivity index (χ1n) is 7.41. The van der Waals surface area contributed by atoms with Crippen molar-refractivity contribution < 1.29 is 10.0 Å². The van der Waals surface area contributed by atoms with Gasteiger partial charge in [-0.1, -0.05) is 44.2 Å². The van der Waals surface area contributed by atoms with Crippen molar-refractivity contribution in [1.29, 1.82) is 0 Å². The maximum absolute atomic E-state index is 12.2. The smallest absolute Gasteiger partial charge is 0.222 e. The van der Waals surface area contributed by atoms with Crippen molar-refractivity contribution in [3.05, 3.63) is 0 Å². The van der Waals surface area contributed by atoms with Crippen molar-refractivity contribution in [3.8, 4) is 0 Å². The fourth-order valence-corrected chi connectivity index (χ4v) is 2.75. The summed E-state index contributed by atoms with van der Waals surface area (Å²) in [6.07, 6.45) is 8.94. The Morgan fingerprint density at radius 3 is 2.63 bits per heavy atom. The minimum Gasteiger partial charge on any atom is -0.409 e. The second kappa shape index (κ2) is 8.77. The lowest BCUT2D eigenvalue weighted by Gasteiger charge is -2.24. The van der Waals surface area contributed by atoms with E-state index in [2.05, 4.69) is 5.16 Å². The molecule has 1 fully saturated rings. The Kier molecular flexibility index (Phi) is 7.30. The molecule has 1 amide bonds. The summed E-state index contributed by atoms with van der Waals surface area (Å²) < 4.78 is 0. The van der Waals surface area contributed by atoms with E-state index in [9.17, 15) is 4.79 Å². The van der Waals surface area contributed by atoms with E-state index in [0.29, 0.717) is 18.9 Å². The van der Waals surface area contributed by atoms with Crippen molar-refractivity contribution in [3.63, 3.8) is 0 Å². The summed E-state index contributed by atoms with van der Waals surface area (Å²) in [4.78, 5) is 13.9. The molecule has 0 aromatic heterocycles. The van der Waals surface area contributed by atoms with Crippen LogP contribution in [0, 0.1) is 5.92 Å². The van der Waals surface area contributed by atoms with E-state index in [1.54, 1.807) is 4.90 Å². The number of carbonyl (C=O) groups excluding carboxylic acids is 1. The van der Waals surface area contributed by atoms with Gasteiger partial charge in [0.15, 0.2) is 5.84 Å². The highest BCUT2D eigenvalue weighted by atomic mass is 16.4. The van der Waals surface area contributed by atoms with E-state index in [1.165, 1.54) is 32.1 Å². The summed E-state index contributed by atoms with van der Waals surface area (Å²) >= 11 is 0. The van der Waals surface area contributed by atoms with E-state index in [1.807, 2.05) is 6.92 Å². The zero-order valence-corrected chi connectivity index (χ0v) is 12.0. The zero-order chi connectivity index (χ0) is 14.1. The van der Waals surface area contributed by atoms with Crippen LogP contribution in [0.4, 0.5) is 0 Å². The van der Waals surface area contributed by atoms with E-state index in [0.717, 1.165) is 12.8 Å². The van der Waals surface area contributed by atoms with Gasteiger partial charge in [0.1, 0.15) is 0 Å². The van der Waals surface area contributed by atoms with Gasteiger partial charge in [0.05, 0.1) is 6.54 Å². The van der Waals surface area contributed by atoms with Gasteiger partial charge < -0.3 is 15.8 Å². The number of nitrogens with zero attached hydrogens (tertiary/aromatic N) is 2. The maximum atomic E-state index is 12.2. The van der Waals surface area contributed by atoms with Crippen molar-refractivity contribution in [2.75, 3.05) is 13.1 Å². The summed E-state index contributed by atoms with van der Waals surface area (Å²) in [5.74, 6) is 0.934. The van der Waals surface area contributed by atoms with E-state index >= 15 is 0 Å². The standard InChI is InChI=1S/C14H27N3O2/c1-2-10-17(11-13(15)16-19)14(18)9-8-12-6-4-3-5-7-12/h12,19H,2-11H2,1H3,(H2,15,16). The average Bonchev–Trinajstić information content (AvgIpc) is 2.45. The minimum atomic E-state index is 0.0967. The van der Waals surface area contributed by atoms with Crippen LogP contribution in [0.15, 0.2) is 5.16 Å². The number of carbonyl (C=O) groups is 1. The number of rotatable bonds is 7. The van der Waals surface area contributed by atoms with Crippen LogP contribution in [0.25, 0.3) is 0 Å². The molecule has 1 aliphatic carbocycles. The average molecular weight is 269 g/mol. The fraction of sp³-hybridized carbons (Fsp3) is 0.857. The Balaban J connectivity index is 2.37. The summed E-state index contributed by atoms with van der Waals surface area (Å²) in [6.45, 7) is 2.92. The highest BCUT2D eigenvalue weighted by molar-refractivity contribution is 5.86. The van der Waals surface area contributed by atoms with Crippen LogP contribution < -0.4 is 5.73 Å². The molecule has 0 bridgehead atoms. The van der Waals surface area contributed by atoms with Gasteiger partial charge >= 0.3 is 0 Å². The number of amides is 1. The van der Waals surface area contributed by atoms with Crippen LogP contribution in [0.3, 0.4) is 0 Å². The van der Waals surface area contributed by atoms with Crippen LogP contribution in [-0.4, -0.2) is 34.9 Å². The van der Waals surface area contributed by atoms with Crippen LogP contribution in [-0.2, 0) is 4.79 Å². The first-order valence-corrected chi connectivity index (χ1v) is 7.41. The minimum absolute atomic E-state index is 0.0967. The molecule has 0 aromatic rings. The zero-order valence-electron chi connectivity index (χ0n) is 12.0. The summed E-state index contributed by atoms with van der Waals surface area (Å²) in [7, 11) is 0. The highest BCUT2D eigenvalue weighted by Crippen LogP contribution is 2.27. The van der Waals surface area contributed by atoms with Gasteiger partial charge in [-0.15, -0.1) is 0 Å². The Morgan fingerprint density at radius 1 is 1.37 bits per heavy atom.